The number of likely N-dealkylation sites (tertiary alicyclic amines) is 1. The molecule has 0 unspecified atom stereocenters. The van der Waals surface area contributed by atoms with Gasteiger partial charge in [0.25, 0.3) is 0 Å². The van der Waals surface area contributed by atoms with Crippen LogP contribution in [0.3, 0.4) is 0 Å². The first-order valence-electron chi connectivity index (χ1n) is 8.06. The van der Waals surface area contributed by atoms with Crippen molar-refractivity contribution in [2.75, 3.05) is 19.4 Å². The first kappa shape index (κ1) is 16.5. The van der Waals surface area contributed by atoms with E-state index in [0.29, 0.717) is 25.3 Å². The number of rotatable bonds is 5. The smallest absolute Gasteiger partial charge is 0.227 e. The zero-order valence-electron chi connectivity index (χ0n) is 14.3. The Kier molecular flexibility index (Phi) is 4.57. The van der Waals surface area contributed by atoms with E-state index >= 15 is 0 Å². The van der Waals surface area contributed by atoms with Gasteiger partial charge in [0.15, 0.2) is 0 Å². The highest BCUT2D eigenvalue weighted by Crippen LogP contribution is 2.23. The lowest BCUT2D eigenvalue weighted by molar-refractivity contribution is -0.131. The van der Waals surface area contributed by atoms with Gasteiger partial charge in [0.05, 0.1) is 31.3 Å². The molecule has 0 aliphatic carbocycles. The summed E-state index contributed by atoms with van der Waals surface area (Å²) in [6, 6.07) is 1.81. The third-order valence-corrected chi connectivity index (χ3v) is 4.77. The van der Waals surface area contributed by atoms with Crippen LogP contribution >= 0.6 is 0 Å². The van der Waals surface area contributed by atoms with Crippen molar-refractivity contribution in [2.24, 2.45) is 7.05 Å². The van der Waals surface area contributed by atoms with Crippen LogP contribution in [0.15, 0.2) is 18.5 Å². The van der Waals surface area contributed by atoms with Crippen LogP contribution in [-0.4, -0.2) is 56.2 Å². The number of nitrogen functional groups attached to an aromatic ring is 1. The number of methoxy groups -OCH3 is 1. The van der Waals surface area contributed by atoms with Gasteiger partial charge in [0, 0.05) is 38.2 Å². The van der Waals surface area contributed by atoms with E-state index < -0.39 is 0 Å². The van der Waals surface area contributed by atoms with Crippen molar-refractivity contribution in [2.45, 2.75) is 38.5 Å². The highest BCUT2D eigenvalue weighted by atomic mass is 16.5. The number of aryl methyl sites for hydroxylation is 1. The van der Waals surface area contributed by atoms with Crippen molar-refractivity contribution >= 4 is 11.7 Å². The predicted octanol–water partition coefficient (Wildman–Crippen LogP) is 0.366. The molecule has 3 rings (SSSR count). The van der Waals surface area contributed by atoms with Crippen molar-refractivity contribution in [1.29, 1.82) is 0 Å². The molecular weight excluding hydrogens is 308 g/mol. The average Bonchev–Trinajstić information content (AvgIpc) is 3.23. The number of amides is 1. The molecule has 1 aliphatic heterocycles. The molecule has 0 bridgehead atoms. The lowest BCUT2D eigenvalue weighted by Crippen LogP contribution is -2.39. The lowest BCUT2D eigenvalue weighted by Gasteiger charge is -2.24. The van der Waals surface area contributed by atoms with Gasteiger partial charge in [-0.15, -0.1) is 0 Å². The zero-order chi connectivity index (χ0) is 17.3. The van der Waals surface area contributed by atoms with Gasteiger partial charge in [0.1, 0.15) is 5.82 Å². The average molecular weight is 332 g/mol. The fraction of sp³-hybridized carbons (Fsp3) is 0.562. The van der Waals surface area contributed by atoms with Crippen LogP contribution < -0.4 is 5.73 Å². The number of nitrogens with zero attached hydrogens (tertiary/aromatic N) is 5. The molecule has 0 spiro atoms. The highest BCUT2D eigenvalue weighted by molar-refractivity contribution is 5.79. The second-order valence-corrected chi connectivity index (χ2v) is 6.31. The van der Waals surface area contributed by atoms with Crippen LogP contribution in [0.1, 0.15) is 17.7 Å². The maximum absolute atomic E-state index is 12.8. The number of hydrogen-bond donors (Lipinski definition) is 1. The molecule has 0 saturated carbocycles. The number of carbonyl (C=O) groups is 1. The molecule has 1 aliphatic rings. The number of anilines is 1. The van der Waals surface area contributed by atoms with Crippen molar-refractivity contribution in [3.8, 4) is 0 Å². The van der Waals surface area contributed by atoms with Crippen LogP contribution in [0.2, 0.25) is 0 Å². The quantitative estimate of drug-likeness (QED) is 0.854. The molecule has 8 nitrogen and oxygen atoms in total. The molecule has 1 saturated heterocycles. The summed E-state index contributed by atoms with van der Waals surface area (Å²) in [6.07, 6.45) is 4.81. The molecule has 2 N–H and O–H groups in total. The molecule has 2 atom stereocenters. The normalized spacial score (nSPS) is 20.7. The Bertz CT molecular complexity index is 722. The zero-order valence-corrected chi connectivity index (χ0v) is 14.3. The third kappa shape index (κ3) is 3.28. The minimum Gasteiger partial charge on any atom is -0.382 e. The van der Waals surface area contributed by atoms with Crippen LogP contribution in [0.5, 0.6) is 0 Å². The van der Waals surface area contributed by atoms with Crippen LogP contribution in [0.4, 0.5) is 5.82 Å². The Morgan fingerprint density at radius 3 is 2.88 bits per heavy atom. The van der Waals surface area contributed by atoms with E-state index in [9.17, 15) is 4.79 Å². The predicted molar refractivity (Wildman–Crippen MR) is 89.2 cm³/mol. The summed E-state index contributed by atoms with van der Waals surface area (Å²) in [7, 11) is 3.57. The Morgan fingerprint density at radius 2 is 2.29 bits per heavy atom. The number of carbonyl (C=O) groups excluding carboxylic acids is 1. The summed E-state index contributed by atoms with van der Waals surface area (Å²) in [5, 5.41) is 8.43. The van der Waals surface area contributed by atoms with E-state index in [-0.39, 0.29) is 18.1 Å². The van der Waals surface area contributed by atoms with Crippen LogP contribution in [0.25, 0.3) is 0 Å². The summed E-state index contributed by atoms with van der Waals surface area (Å²) in [4.78, 5) is 14.7. The van der Waals surface area contributed by atoms with E-state index in [1.54, 1.807) is 28.7 Å². The summed E-state index contributed by atoms with van der Waals surface area (Å²) in [5.74, 6) is 0.580. The largest absolute Gasteiger partial charge is 0.382 e. The standard InChI is InChI=1S/C16H24N6O2/c1-11-12(8-18-20(11)2)6-16(23)22-10-14(24-3)7-13(22)9-21-5-4-15(17)19-21/h4-5,8,13-14H,6-7,9-10H2,1-3H3,(H2,17,19)/t13-,14+/m0/s1. The Labute approximate surface area is 141 Å². The van der Waals surface area contributed by atoms with Crippen molar-refractivity contribution in [1.82, 2.24) is 24.5 Å². The number of nitrogens with two attached hydrogens (primary N) is 1. The molecule has 130 valence electrons. The van der Waals surface area contributed by atoms with Gasteiger partial charge in [-0.25, -0.2) is 0 Å². The lowest BCUT2D eigenvalue weighted by atomic mass is 10.1. The number of aromatic nitrogens is 4. The van der Waals surface area contributed by atoms with Crippen molar-refractivity contribution < 1.29 is 9.53 Å². The maximum atomic E-state index is 12.8. The van der Waals surface area contributed by atoms with Crippen LogP contribution in [0, 0.1) is 6.92 Å². The first-order chi connectivity index (χ1) is 11.5. The molecule has 3 heterocycles. The third-order valence-electron chi connectivity index (χ3n) is 4.77. The topological polar surface area (TPSA) is 91.2 Å². The molecule has 2 aromatic rings. The maximum Gasteiger partial charge on any atom is 0.227 e. The molecule has 24 heavy (non-hydrogen) atoms. The minimum absolute atomic E-state index is 0.0544. The minimum atomic E-state index is 0.0544. The van der Waals surface area contributed by atoms with Gasteiger partial charge in [-0.1, -0.05) is 0 Å². The van der Waals surface area contributed by atoms with Gasteiger partial charge in [-0.2, -0.15) is 10.2 Å². The van der Waals surface area contributed by atoms with E-state index in [1.165, 1.54) is 0 Å². The SMILES string of the molecule is CO[C@@H]1C[C@@H](Cn2ccc(N)n2)N(C(=O)Cc2cnn(C)c2C)C1. The molecule has 2 aromatic heterocycles. The fourth-order valence-corrected chi connectivity index (χ4v) is 3.20. The van der Waals surface area contributed by atoms with Crippen LogP contribution in [-0.2, 0) is 29.5 Å². The van der Waals surface area contributed by atoms with E-state index in [0.717, 1.165) is 17.7 Å². The molecular formula is C16H24N6O2. The molecule has 1 amide bonds. The Morgan fingerprint density at radius 1 is 1.50 bits per heavy atom. The summed E-state index contributed by atoms with van der Waals surface area (Å²) in [5.41, 5.74) is 7.65. The Hall–Kier alpha value is -2.35. The van der Waals surface area contributed by atoms with Gasteiger partial charge in [-0.3, -0.25) is 14.2 Å². The Balaban J connectivity index is 1.72. The number of ether oxygens (including phenoxy) is 1. The van der Waals surface area contributed by atoms with E-state index in [1.807, 2.05) is 25.1 Å². The molecule has 0 radical (unpaired) electrons. The van der Waals surface area contributed by atoms with Gasteiger partial charge >= 0.3 is 0 Å². The monoisotopic (exact) mass is 332 g/mol. The second kappa shape index (κ2) is 6.64. The number of hydrogen-bond acceptors (Lipinski definition) is 5. The van der Waals surface area contributed by atoms with E-state index in [2.05, 4.69) is 10.2 Å². The van der Waals surface area contributed by atoms with Crippen molar-refractivity contribution in [3.63, 3.8) is 0 Å². The van der Waals surface area contributed by atoms with Gasteiger partial charge in [-0.05, 0) is 19.4 Å². The van der Waals surface area contributed by atoms with Gasteiger partial charge < -0.3 is 15.4 Å². The summed E-state index contributed by atoms with van der Waals surface area (Å²) >= 11 is 0. The summed E-state index contributed by atoms with van der Waals surface area (Å²) < 4.78 is 9.05. The first-order valence-corrected chi connectivity index (χ1v) is 8.06. The molecule has 8 heteroatoms. The van der Waals surface area contributed by atoms with Gasteiger partial charge in [0.2, 0.25) is 5.91 Å². The van der Waals surface area contributed by atoms with Crippen molar-refractivity contribution in [3.05, 3.63) is 29.7 Å². The highest BCUT2D eigenvalue weighted by Gasteiger charge is 2.35. The second-order valence-electron chi connectivity index (χ2n) is 6.31. The summed E-state index contributed by atoms with van der Waals surface area (Å²) in [6.45, 7) is 3.20. The molecule has 1 fully saturated rings. The fourth-order valence-electron chi connectivity index (χ4n) is 3.20. The van der Waals surface area contributed by atoms with E-state index in [4.69, 9.17) is 10.5 Å². The molecule has 0 aromatic carbocycles.